The van der Waals surface area contributed by atoms with Gasteiger partial charge in [0.2, 0.25) is 5.91 Å². The van der Waals surface area contributed by atoms with E-state index in [0.29, 0.717) is 5.92 Å². The minimum atomic E-state index is 0.0442. The number of nitrogens with one attached hydrogen (secondary N) is 2. The Hall–Kier alpha value is -1.51. The van der Waals surface area contributed by atoms with Gasteiger partial charge in [-0.3, -0.25) is 4.79 Å². The lowest BCUT2D eigenvalue weighted by atomic mass is 9.92. The van der Waals surface area contributed by atoms with Crippen molar-refractivity contribution in [3.63, 3.8) is 0 Å². The zero-order chi connectivity index (χ0) is 13.8. The summed E-state index contributed by atoms with van der Waals surface area (Å²) in [4.78, 5) is 12.3. The second-order valence-electron chi connectivity index (χ2n) is 5.71. The lowest BCUT2D eigenvalue weighted by Gasteiger charge is -2.28. The van der Waals surface area contributed by atoms with E-state index < -0.39 is 0 Å². The van der Waals surface area contributed by atoms with Crippen molar-refractivity contribution in [2.75, 3.05) is 11.9 Å². The van der Waals surface area contributed by atoms with Gasteiger partial charge >= 0.3 is 0 Å². The number of benzene rings is 1. The molecule has 3 nitrogen and oxygen atoms in total. The molecule has 0 aliphatic carbocycles. The molecule has 2 unspecified atom stereocenters. The van der Waals surface area contributed by atoms with Gasteiger partial charge in [-0.1, -0.05) is 39.0 Å². The first kappa shape index (κ1) is 13.9. The topological polar surface area (TPSA) is 41.1 Å². The van der Waals surface area contributed by atoms with Gasteiger partial charge in [0, 0.05) is 18.3 Å². The molecule has 0 saturated carbocycles. The number of carbonyl (C=O) groups is 1. The molecule has 1 amide bonds. The lowest BCUT2D eigenvalue weighted by Crippen LogP contribution is -2.44. The summed E-state index contributed by atoms with van der Waals surface area (Å²) in [5.74, 6) is 0.711. The van der Waals surface area contributed by atoms with Crippen LogP contribution in [0.15, 0.2) is 24.3 Å². The molecule has 1 aliphatic rings. The monoisotopic (exact) mass is 260 g/mol. The lowest BCUT2D eigenvalue weighted by molar-refractivity contribution is -0.125. The van der Waals surface area contributed by atoms with Crippen LogP contribution in [0, 0.1) is 11.8 Å². The summed E-state index contributed by atoms with van der Waals surface area (Å²) in [7, 11) is 0. The fourth-order valence-corrected chi connectivity index (χ4v) is 2.67. The molecule has 3 heteroatoms. The van der Waals surface area contributed by atoms with Gasteiger partial charge in [0.25, 0.3) is 0 Å². The number of para-hydroxylation sites is 1. The Morgan fingerprint density at radius 1 is 1.42 bits per heavy atom. The van der Waals surface area contributed by atoms with Gasteiger partial charge in [0.15, 0.2) is 0 Å². The van der Waals surface area contributed by atoms with Gasteiger partial charge in [-0.25, -0.2) is 0 Å². The van der Waals surface area contributed by atoms with Crippen LogP contribution in [0.25, 0.3) is 0 Å². The van der Waals surface area contributed by atoms with E-state index >= 15 is 0 Å². The molecular formula is C16H24N2O. The van der Waals surface area contributed by atoms with Crippen LogP contribution in [0.1, 0.15) is 32.8 Å². The second kappa shape index (κ2) is 6.09. The average molecular weight is 260 g/mol. The number of amides is 1. The quantitative estimate of drug-likeness (QED) is 0.874. The number of hydrogen-bond acceptors (Lipinski definition) is 2. The molecule has 1 aromatic carbocycles. The van der Waals surface area contributed by atoms with Gasteiger partial charge in [-0.05, 0) is 30.4 Å². The molecule has 0 saturated heterocycles. The van der Waals surface area contributed by atoms with Crippen LogP contribution in [-0.2, 0) is 11.2 Å². The third-order valence-electron chi connectivity index (χ3n) is 3.97. The van der Waals surface area contributed by atoms with Crippen molar-refractivity contribution < 1.29 is 4.79 Å². The highest BCUT2D eigenvalue weighted by Gasteiger charge is 2.26. The number of carbonyl (C=O) groups excluding carboxylic acids is 1. The Labute approximate surface area is 115 Å². The van der Waals surface area contributed by atoms with E-state index in [4.69, 9.17) is 0 Å². The van der Waals surface area contributed by atoms with E-state index in [2.05, 4.69) is 43.5 Å². The molecule has 0 aromatic heterocycles. The van der Waals surface area contributed by atoms with Gasteiger partial charge in [0.1, 0.15) is 0 Å². The summed E-state index contributed by atoms with van der Waals surface area (Å²) in [6, 6.07) is 8.51. The standard InChI is InChI=1S/C16H24N2O/c1-4-14(11(2)3)18-16(19)13-9-12-7-5-6-8-15(12)17-10-13/h5-8,11,13-14,17H,4,9-10H2,1-3H3,(H,18,19). The van der Waals surface area contributed by atoms with Crippen LogP contribution in [0.4, 0.5) is 5.69 Å². The Balaban J connectivity index is 1.99. The molecule has 104 valence electrons. The average Bonchev–Trinajstić information content (AvgIpc) is 2.43. The predicted molar refractivity (Wildman–Crippen MR) is 79.2 cm³/mol. The first-order chi connectivity index (χ1) is 9.11. The van der Waals surface area contributed by atoms with Crippen molar-refractivity contribution >= 4 is 11.6 Å². The molecule has 19 heavy (non-hydrogen) atoms. The van der Waals surface area contributed by atoms with Crippen molar-refractivity contribution in [2.45, 2.75) is 39.7 Å². The van der Waals surface area contributed by atoms with Crippen molar-refractivity contribution in [3.05, 3.63) is 29.8 Å². The maximum absolute atomic E-state index is 12.3. The second-order valence-corrected chi connectivity index (χ2v) is 5.71. The largest absolute Gasteiger partial charge is 0.384 e. The highest BCUT2D eigenvalue weighted by molar-refractivity contribution is 5.81. The highest BCUT2D eigenvalue weighted by Crippen LogP contribution is 2.24. The summed E-state index contributed by atoms with van der Waals surface area (Å²) in [6.45, 7) is 7.17. The SMILES string of the molecule is CCC(NC(=O)C1CNc2ccccc2C1)C(C)C. The van der Waals surface area contributed by atoms with Crippen molar-refractivity contribution in [2.24, 2.45) is 11.8 Å². The van der Waals surface area contributed by atoms with Crippen LogP contribution in [0.3, 0.4) is 0 Å². The normalized spacial score (nSPS) is 19.5. The van der Waals surface area contributed by atoms with E-state index in [0.717, 1.165) is 19.4 Å². The first-order valence-electron chi connectivity index (χ1n) is 7.24. The van der Waals surface area contributed by atoms with E-state index in [1.54, 1.807) is 0 Å². The Morgan fingerprint density at radius 3 is 2.84 bits per heavy atom. The molecule has 0 bridgehead atoms. The minimum absolute atomic E-state index is 0.0442. The van der Waals surface area contributed by atoms with Crippen molar-refractivity contribution in [1.29, 1.82) is 0 Å². The van der Waals surface area contributed by atoms with Crippen LogP contribution < -0.4 is 10.6 Å². The first-order valence-corrected chi connectivity index (χ1v) is 7.24. The summed E-state index contributed by atoms with van der Waals surface area (Å²) in [5.41, 5.74) is 2.41. The third-order valence-corrected chi connectivity index (χ3v) is 3.97. The summed E-state index contributed by atoms with van der Waals surface area (Å²) >= 11 is 0. The number of anilines is 1. The fraction of sp³-hybridized carbons (Fsp3) is 0.562. The summed E-state index contributed by atoms with van der Waals surface area (Å²) < 4.78 is 0. The van der Waals surface area contributed by atoms with E-state index in [1.807, 2.05) is 12.1 Å². The van der Waals surface area contributed by atoms with Gasteiger partial charge in [-0.2, -0.15) is 0 Å². The maximum atomic E-state index is 12.3. The number of hydrogen-bond donors (Lipinski definition) is 2. The molecule has 2 atom stereocenters. The molecule has 0 radical (unpaired) electrons. The molecule has 2 rings (SSSR count). The fourth-order valence-electron chi connectivity index (χ4n) is 2.67. The van der Waals surface area contributed by atoms with Crippen LogP contribution in [0.5, 0.6) is 0 Å². The van der Waals surface area contributed by atoms with Crippen molar-refractivity contribution in [3.8, 4) is 0 Å². The predicted octanol–water partition coefficient (Wildman–Crippen LogP) is 2.82. The Kier molecular flexibility index (Phi) is 4.46. The molecular weight excluding hydrogens is 236 g/mol. The van der Waals surface area contributed by atoms with Gasteiger partial charge in [0.05, 0.1) is 5.92 Å². The minimum Gasteiger partial charge on any atom is -0.384 e. The highest BCUT2D eigenvalue weighted by atomic mass is 16.2. The van der Waals surface area contributed by atoms with Crippen LogP contribution in [0.2, 0.25) is 0 Å². The smallest absolute Gasteiger partial charge is 0.225 e. The number of rotatable bonds is 4. The van der Waals surface area contributed by atoms with Gasteiger partial charge < -0.3 is 10.6 Å². The van der Waals surface area contributed by atoms with Crippen LogP contribution >= 0.6 is 0 Å². The number of fused-ring (bicyclic) bond motifs is 1. The Bertz CT molecular complexity index is 442. The zero-order valence-electron chi connectivity index (χ0n) is 12.1. The molecule has 2 N–H and O–H groups in total. The molecule has 1 aromatic rings. The Morgan fingerprint density at radius 2 is 2.16 bits per heavy atom. The third kappa shape index (κ3) is 3.28. The molecule has 0 spiro atoms. The van der Waals surface area contributed by atoms with Crippen LogP contribution in [-0.4, -0.2) is 18.5 Å². The van der Waals surface area contributed by atoms with E-state index in [9.17, 15) is 4.79 Å². The van der Waals surface area contributed by atoms with Gasteiger partial charge in [-0.15, -0.1) is 0 Å². The molecule has 0 fully saturated rings. The molecule has 1 heterocycles. The van der Waals surface area contributed by atoms with Crippen molar-refractivity contribution in [1.82, 2.24) is 5.32 Å². The molecule has 1 aliphatic heterocycles. The zero-order valence-corrected chi connectivity index (χ0v) is 12.1. The van der Waals surface area contributed by atoms with E-state index in [1.165, 1.54) is 11.3 Å². The summed E-state index contributed by atoms with van der Waals surface area (Å²) in [5, 5.41) is 6.54. The van der Waals surface area contributed by atoms with E-state index in [-0.39, 0.29) is 17.9 Å². The summed E-state index contributed by atoms with van der Waals surface area (Å²) in [6.07, 6.45) is 1.82. The maximum Gasteiger partial charge on any atom is 0.225 e.